The van der Waals surface area contributed by atoms with E-state index in [4.69, 9.17) is 14.3 Å². The predicted octanol–water partition coefficient (Wildman–Crippen LogP) is 4.09. The van der Waals surface area contributed by atoms with Crippen LogP contribution in [0.15, 0.2) is 52.6 Å². The average Bonchev–Trinajstić information content (AvgIpc) is 2.77. The summed E-state index contributed by atoms with van der Waals surface area (Å²) in [6, 6.07) is 9.53. The Labute approximate surface area is 188 Å². The highest BCUT2D eigenvalue weighted by Crippen LogP contribution is 2.29. The Hall–Kier alpha value is -3.53. The number of oxime groups is 1. The van der Waals surface area contributed by atoms with Gasteiger partial charge >= 0.3 is 12.1 Å². The Morgan fingerprint density at radius 2 is 1.73 bits per heavy atom. The molecule has 0 unspecified atom stereocenters. The van der Waals surface area contributed by atoms with Gasteiger partial charge in [-0.2, -0.15) is 13.2 Å². The summed E-state index contributed by atoms with van der Waals surface area (Å²) in [5, 5.41) is 3.74. The monoisotopic (exact) mass is 464 g/mol. The number of hydrogen-bond acceptors (Lipinski definition) is 7. The molecule has 0 N–H and O–H groups in total. The van der Waals surface area contributed by atoms with E-state index in [-0.39, 0.29) is 30.3 Å². The Balaban J connectivity index is 2.27. The normalized spacial score (nSPS) is 12.5. The number of rotatable bonds is 9. The molecule has 0 aliphatic rings. The van der Waals surface area contributed by atoms with Crippen molar-refractivity contribution in [1.82, 2.24) is 0 Å². The van der Waals surface area contributed by atoms with Crippen LogP contribution < -0.4 is 0 Å². The van der Waals surface area contributed by atoms with Crippen LogP contribution in [0.4, 0.5) is 13.2 Å². The number of nitrogens with zero attached hydrogens (tertiary/aromatic N) is 2. The number of ketones is 1. The van der Waals surface area contributed by atoms with Gasteiger partial charge in [-0.15, -0.1) is 0 Å². The molecular formula is C23H23F3N2O5. The van der Waals surface area contributed by atoms with Gasteiger partial charge in [0.25, 0.3) is 0 Å². The van der Waals surface area contributed by atoms with Crippen molar-refractivity contribution in [2.45, 2.75) is 26.6 Å². The van der Waals surface area contributed by atoms with Crippen molar-refractivity contribution in [2.24, 2.45) is 10.1 Å². The second-order valence-electron chi connectivity index (χ2n) is 6.83. The van der Waals surface area contributed by atoms with E-state index in [9.17, 15) is 22.8 Å². The number of ether oxygens (including phenoxy) is 2. The highest BCUT2D eigenvalue weighted by Gasteiger charge is 2.31. The molecule has 0 fully saturated rings. The third kappa shape index (κ3) is 6.72. The summed E-state index contributed by atoms with van der Waals surface area (Å²) in [7, 11) is 2.51. The topological polar surface area (TPSA) is 86.6 Å². The minimum Gasteiger partial charge on any atom is -0.464 e. The Morgan fingerprint density at radius 1 is 1.03 bits per heavy atom. The SMILES string of the molecule is CO/N=C(/C(=O)OC)c1cccc(C)c1COC/N=C(\C(C)=O)c1cccc(C(F)(F)F)c1. The quantitative estimate of drug-likeness (QED) is 0.242. The van der Waals surface area contributed by atoms with E-state index >= 15 is 0 Å². The molecule has 0 bridgehead atoms. The van der Waals surface area contributed by atoms with Gasteiger partial charge in [0.1, 0.15) is 19.6 Å². The Kier molecular flexibility index (Phi) is 8.86. The van der Waals surface area contributed by atoms with Crippen LogP contribution in [-0.2, 0) is 36.7 Å². The number of hydrogen-bond donors (Lipinski definition) is 0. The smallest absolute Gasteiger partial charge is 0.416 e. The Morgan fingerprint density at radius 3 is 2.33 bits per heavy atom. The lowest BCUT2D eigenvalue weighted by Crippen LogP contribution is -2.20. The summed E-state index contributed by atoms with van der Waals surface area (Å²) < 4.78 is 49.3. The molecule has 0 spiro atoms. The van der Waals surface area contributed by atoms with Gasteiger partial charge in [-0.25, -0.2) is 4.79 Å². The number of alkyl halides is 3. The van der Waals surface area contributed by atoms with Crippen molar-refractivity contribution >= 4 is 23.2 Å². The van der Waals surface area contributed by atoms with Gasteiger partial charge in [0, 0.05) is 18.1 Å². The number of aliphatic imine (C=N–C) groups is 1. The molecule has 0 radical (unpaired) electrons. The highest BCUT2D eigenvalue weighted by molar-refractivity contribution is 6.45. The van der Waals surface area contributed by atoms with Gasteiger partial charge in [-0.05, 0) is 30.2 Å². The van der Waals surface area contributed by atoms with E-state index in [0.717, 1.165) is 17.7 Å². The van der Waals surface area contributed by atoms with E-state index in [1.54, 1.807) is 25.1 Å². The van der Waals surface area contributed by atoms with E-state index in [2.05, 4.69) is 10.1 Å². The van der Waals surface area contributed by atoms with E-state index in [0.29, 0.717) is 11.1 Å². The molecule has 0 aromatic heterocycles. The van der Waals surface area contributed by atoms with Crippen molar-refractivity contribution < 1.29 is 37.1 Å². The molecule has 0 saturated heterocycles. The van der Waals surface area contributed by atoms with Crippen LogP contribution in [0.3, 0.4) is 0 Å². The highest BCUT2D eigenvalue weighted by atomic mass is 19.4. The van der Waals surface area contributed by atoms with Crippen molar-refractivity contribution in [3.63, 3.8) is 0 Å². The third-order valence-electron chi connectivity index (χ3n) is 4.58. The molecule has 0 aliphatic heterocycles. The van der Waals surface area contributed by atoms with E-state index < -0.39 is 23.5 Å². The first kappa shape index (κ1) is 25.7. The summed E-state index contributed by atoms with van der Waals surface area (Å²) >= 11 is 0. The third-order valence-corrected chi connectivity index (χ3v) is 4.58. The molecule has 0 aliphatic carbocycles. The number of esters is 1. The zero-order valence-electron chi connectivity index (χ0n) is 18.5. The fourth-order valence-corrected chi connectivity index (χ4v) is 3.01. The van der Waals surface area contributed by atoms with E-state index in [1.165, 1.54) is 33.3 Å². The first-order valence-corrected chi connectivity index (χ1v) is 9.69. The van der Waals surface area contributed by atoms with Crippen LogP contribution in [0, 0.1) is 6.92 Å². The van der Waals surface area contributed by atoms with Gasteiger partial charge in [-0.3, -0.25) is 9.79 Å². The van der Waals surface area contributed by atoms with Crippen molar-refractivity contribution in [2.75, 3.05) is 21.0 Å². The average molecular weight is 464 g/mol. The number of benzene rings is 2. The number of carbonyl (C=O) groups excluding carboxylic acids is 2. The zero-order valence-corrected chi connectivity index (χ0v) is 18.5. The van der Waals surface area contributed by atoms with Gasteiger partial charge in [-0.1, -0.05) is 35.5 Å². The van der Waals surface area contributed by atoms with Gasteiger partial charge < -0.3 is 14.3 Å². The standard InChI is InChI=1S/C23H23F3N2O5/c1-14-7-5-10-18(21(28-32-4)22(30)31-3)19(14)12-33-13-27-20(15(2)29)16-8-6-9-17(11-16)23(24,25)26/h5-11H,12-13H2,1-4H3/b27-20+,28-21+. The molecule has 0 atom stereocenters. The fourth-order valence-electron chi connectivity index (χ4n) is 3.01. The first-order chi connectivity index (χ1) is 15.6. The molecule has 0 amide bonds. The van der Waals surface area contributed by atoms with Crippen molar-refractivity contribution in [3.8, 4) is 0 Å². The molecular weight excluding hydrogens is 441 g/mol. The molecule has 0 heterocycles. The summed E-state index contributed by atoms with van der Waals surface area (Å²) in [6.07, 6.45) is -4.54. The first-order valence-electron chi connectivity index (χ1n) is 9.69. The lowest BCUT2D eigenvalue weighted by atomic mass is 9.99. The molecule has 176 valence electrons. The van der Waals surface area contributed by atoms with Crippen LogP contribution in [-0.4, -0.2) is 44.1 Å². The number of Topliss-reactive ketones (excluding diaryl/α,β-unsaturated/α-hetero) is 1. The summed E-state index contributed by atoms with van der Waals surface area (Å²) in [6.45, 7) is 2.70. The predicted molar refractivity (Wildman–Crippen MR) is 115 cm³/mol. The molecule has 2 aromatic carbocycles. The van der Waals surface area contributed by atoms with Crippen molar-refractivity contribution in [1.29, 1.82) is 0 Å². The second-order valence-corrected chi connectivity index (χ2v) is 6.83. The number of methoxy groups -OCH3 is 1. The maximum Gasteiger partial charge on any atom is 0.416 e. The Bertz CT molecular complexity index is 1080. The van der Waals surface area contributed by atoms with E-state index in [1.807, 2.05) is 0 Å². The molecule has 2 rings (SSSR count). The maximum atomic E-state index is 13.0. The molecule has 33 heavy (non-hydrogen) atoms. The minimum atomic E-state index is -4.54. The van der Waals surface area contributed by atoms with Gasteiger partial charge in [0.2, 0.25) is 0 Å². The van der Waals surface area contributed by atoms with Crippen LogP contribution in [0.1, 0.15) is 34.7 Å². The largest absolute Gasteiger partial charge is 0.464 e. The summed E-state index contributed by atoms with van der Waals surface area (Å²) in [5.41, 5.74) is 0.787. The zero-order chi connectivity index (χ0) is 24.6. The molecule has 10 heteroatoms. The van der Waals surface area contributed by atoms with Gasteiger partial charge in [0.15, 0.2) is 11.5 Å². The second kappa shape index (κ2) is 11.4. The van der Waals surface area contributed by atoms with Crippen LogP contribution >= 0.6 is 0 Å². The van der Waals surface area contributed by atoms with Crippen LogP contribution in [0.2, 0.25) is 0 Å². The van der Waals surface area contributed by atoms with Crippen LogP contribution in [0.25, 0.3) is 0 Å². The number of halogens is 3. The number of aryl methyl sites for hydroxylation is 1. The number of carbonyl (C=O) groups is 2. The molecule has 2 aromatic rings. The summed E-state index contributed by atoms with van der Waals surface area (Å²) in [5.74, 6) is -1.21. The molecule has 7 nitrogen and oxygen atoms in total. The summed E-state index contributed by atoms with van der Waals surface area (Å²) in [4.78, 5) is 32.9. The maximum absolute atomic E-state index is 13.0. The minimum absolute atomic E-state index is 0.0149. The lowest BCUT2D eigenvalue weighted by Gasteiger charge is -2.13. The van der Waals surface area contributed by atoms with Gasteiger partial charge in [0.05, 0.1) is 19.3 Å². The fraction of sp³-hybridized carbons (Fsp3) is 0.304. The lowest BCUT2D eigenvalue weighted by molar-refractivity contribution is -0.137. The molecule has 0 saturated carbocycles. The van der Waals surface area contributed by atoms with Crippen molar-refractivity contribution in [3.05, 3.63) is 70.3 Å². The van der Waals surface area contributed by atoms with Crippen LogP contribution in [0.5, 0.6) is 0 Å².